The lowest BCUT2D eigenvalue weighted by atomic mass is 9.78. The Morgan fingerprint density at radius 2 is 1.00 bits per heavy atom. The van der Waals surface area contributed by atoms with Crippen molar-refractivity contribution in [2.45, 2.75) is 117 Å². The molecule has 0 bridgehead atoms. The average molecular weight is 371 g/mol. The van der Waals surface area contributed by atoms with Gasteiger partial charge in [-0.05, 0) is 18.3 Å². The second-order valence-electron chi connectivity index (χ2n) is 8.79. The van der Waals surface area contributed by atoms with Crippen molar-refractivity contribution in [2.24, 2.45) is 11.3 Å². The number of carboxylic acids is 2. The molecule has 0 aromatic heterocycles. The van der Waals surface area contributed by atoms with Crippen LogP contribution in [0.1, 0.15) is 117 Å². The van der Waals surface area contributed by atoms with Crippen molar-refractivity contribution in [3.05, 3.63) is 0 Å². The largest absolute Gasteiger partial charge is 0.481 e. The van der Waals surface area contributed by atoms with Gasteiger partial charge in [-0.2, -0.15) is 0 Å². The van der Waals surface area contributed by atoms with E-state index in [-0.39, 0.29) is 11.3 Å². The molecule has 4 heteroatoms. The van der Waals surface area contributed by atoms with Crippen molar-refractivity contribution in [1.82, 2.24) is 0 Å². The molecule has 0 saturated heterocycles. The summed E-state index contributed by atoms with van der Waals surface area (Å²) in [4.78, 5) is 21.7. The Hall–Kier alpha value is -1.06. The van der Waals surface area contributed by atoms with Gasteiger partial charge in [0.05, 0.1) is 5.92 Å². The first-order valence-electron chi connectivity index (χ1n) is 10.7. The molecule has 1 unspecified atom stereocenters. The van der Waals surface area contributed by atoms with E-state index >= 15 is 0 Å². The fraction of sp³-hybridized carbons (Fsp3) is 0.909. The minimum absolute atomic E-state index is 0.151. The van der Waals surface area contributed by atoms with Crippen molar-refractivity contribution >= 4 is 11.9 Å². The number of aliphatic carboxylic acids is 2. The first-order valence-corrected chi connectivity index (χ1v) is 10.7. The zero-order chi connectivity index (χ0) is 19.8. The molecular formula is C22H42O4. The van der Waals surface area contributed by atoms with E-state index in [1.54, 1.807) is 0 Å². The van der Waals surface area contributed by atoms with Gasteiger partial charge < -0.3 is 10.2 Å². The van der Waals surface area contributed by atoms with Crippen LogP contribution in [0.2, 0.25) is 0 Å². The van der Waals surface area contributed by atoms with Gasteiger partial charge in [-0.3, -0.25) is 9.59 Å². The highest BCUT2D eigenvalue weighted by atomic mass is 16.4. The fourth-order valence-corrected chi connectivity index (χ4v) is 3.50. The number of rotatable bonds is 17. The summed E-state index contributed by atoms with van der Waals surface area (Å²) >= 11 is 0. The van der Waals surface area contributed by atoms with Gasteiger partial charge in [-0.1, -0.05) is 97.8 Å². The van der Waals surface area contributed by atoms with E-state index in [2.05, 4.69) is 0 Å². The monoisotopic (exact) mass is 370 g/mol. The van der Waals surface area contributed by atoms with Gasteiger partial charge in [-0.25, -0.2) is 0 Å². The molecule has 4 nitrogen and oxygen atoms in total. The Kier molecular flexibility index (Phi) is 14.4. The van der Waals surface area contributed by atoms with E-state index < -0.39 is 11.9 Å². The van der Waals surface area contributed by atoms with Crippen LogP contribution in [0.15, 0.2) is 0 Å². The van der Waals surface area contributed by atoms with Crippen LogP contribution >= 0.6 is 0 Å². The zero-order valence-corrected chi connectivity index (χ0v) is 17.4. The summed E-state index contributed by atoms with van der Waals surface area (Å²) in [5.41, 5.74) is -0.151. The standard InChI is InChI=1S/C22H42O4/c1-22(2,3)19(21(25)26)17-15-13-11-9-7-5-4-6-8-10-12-14-16-18-20(23)24/h19H,4-18H2,1-3H3,(H,23,24)(H,25,26). The summed E-state index contributed by atoms with van der Waals surface area (Å²) < 4.78 is 0. The summed E-state index contributed by atoms with van der Waals surface area (Å²) in [6, 6.07) is 0. The third-order valence-corrected chi connectivity index (χ3v) is 5.23. The summed E-state index contributed by atoms with van der Waals surface area (Å²) in [6.07, 6.45) is 16.5. The zero-order valence-electron chi connectivity index (χ0n) is 17.4. The van der Waals surface area contributed by atoms with Crippen molar-refractivity contribution in [2.75, 3.05) is 0 Å². The number of carboxylic acid groups (broad SMARTS) is 2. The number of unbranched alkanes of at least 4 members (excludes halogenated alkanes) is 12. The Bertz CT molecular complexity index is 371. The summed E-state index contributed by atoms with van der Waals surface area (Å²) in [7, 11) is 0. The van der Waals surface area contributed by atoms with Crippen LogP contribution in [0, 0.1) is 11.3 Å². The molecule has 2 N–H and O–H groups in total. The lowest BCUT2D eigenvalue weighted by Gasteiger charge is -2.26. The molecule has 0 saturated carbocycles. The molecule has 0 rings (SSSR count). The molecule has 0 radical (unpaired) electrons. The van der Waals surface area contributed by atoms with Crippen molar-refractivity contribution < 1.29 is 19.8 Å². The van der Waals surface area contributed by atoms with E-state index in [0.29, 0.717) is 6.42 Å². The quantitative estimate of drug-likeness (QED) is 0.280. The highest BCUT2D eigenvalue weighted by Crippen LogP contribution is 2.30. The third kappa shape index (κ3) is 15.2. The summed E-state index contributed by atoms with van der Waals surface area (Å²) in [6.45, 7) is 6.05. The van der Waals surface area contributed by atoms with Crippen molar-refractivity contribution in [1.29, 1.82) is 0 Å². The SMILES string of the molecule is CC(C)(C)C(CCCCCCCCCCCCCCCC(=O)O)C(=O)O. The average Bonchev–Trinajstić information content (AvgIpc) is 2.52. The molecule has 0 spiro atoms. The van der Waals surface area contributed by atoms with E-state index in [1.165, 1.54) is 57.8 Å². The summed E-state index contributed by atoms with van der Waals surface area (Å²) in [5, 5.41) is 17.9. The highest BCUT2D eigenvalue weighted by molar-refractivity contribution is 5.70. The first kappa shape index (κ1) is 24.9. The second-order valence-corrected chi connectivity index (χ2v) is 8.79. The summed E-state index contributed by atoms with van der Waals surface area (Å²) in [5.74, 6) is -1.56. The Morgan fingerprint density at radius 1 is 0.654 bits per heavy atom. The van der Waals surface area contributed by atoms with E-state index in [0.717, 1.165) is 32.1 Å². The fourth-order valence-electron chi connectivity index (χ4n) is 3.50. The topological polar surface area (TPSA) is 74.6 Å². The minimum Gasteiger partial charge on any atom is -0.481 e. The molecule has 0 aromatic rings. The molecule has 26 heavy (non-hydrogen) atoms. The van der Waals surface area contributed by atoms with Crippen LogP contribution < -0.4 is 0 Å². The first-order chi connectivity index (χ1) is 12.2. The highest BCUT2D eigenvalue weighted by Gasteiger charge is 2.30. The minimum atomic E-state index is -0.680. The number of hydrogen-bond donors (Lipinski definition) is 2. The van der Waals surface area contributed by atoms with E-state index in [9.17, 15) is 14.7 Å². The van der Waals surface area contributed by atoms with Crippen LogP contribution in [-0.4, -0.2) is 22.2 Å². The molecule has 0 aliphatic carbocycles. The maximum absolute atomic E-state index is 11.3. The molecule has 0 heterocycles. The van der Waals surface area contributed by atoms with E-state index in [4.69, 9.17) is 5.11 Å². The van der Waals surface area contributed by atoms with Crippen molar-refractivity contribution in [3.8, 4) is 0 Å². The van der Waals surface area contributed by atoms with Crippen LogP contribution in [0.3, 0.4) is 0 Å². The third-order valence-electron chi connectivity index (χ3n) is 5.23. The molecule has 0 fully saturated rings. The van der Waals surface area contributed by atoms with Crippen LogP contribution in [0.5, 0.6) is 0 Å². The molecule has 0 aliphatic heterocycles. The van der Waals surface area contributed by atoms with Gasteiger partial charge in [-0.15, -0.1) is 0 Å². The number of hydrogen-bond acceptors (Lipinski definition) is 2. The maximum Gasteiger partial charge on any atom is 0.307 e. The van der Waals surface area contributed by atoms with E-state index in [1.807, 2.05) is 20.8 Å². The predicted octanol–water partition coefficient (Wildman–Crippen LogP) is 6.67. The molecule has 154 valence electrons. The second kappa shape index (κ2) is 15.0. The Morgan fingerprint density at radius 3 is 1.31 bits per heavy atom. The van der Waals surface area contributed by atoms with Crippen LogP contribution in [0.4, 0.5) is 0 Å². The lowest BCUT2D eigenvalue weighted by molar-refractivity contribution is -0.146. The smallest absolute Gasteiger partial charge is 0.307 e. The number of carbonyl (C=O) groups is 2. The van der Waals surface area contributed by atoms with Crippen LogP contribution in [-0.2, 0) is 9.59 Å². The molecule has 1 atom stereocenters. The lowest BCUT2D eigenvalue weighted by Crippen LogP contribution is -2.28. The van der Waals surface area contributed by atoms with Gasteiger partial charge in [0, 0.05) is 6.42 Å². The molecule has 0 aliphatic rings. The van der Waals surface area contributed by atoms with Gasteiger partial charge in [0.25, 0.3) is 0 Å². The molecule has 0 amide bonds. The predicted molar refractivity (Wildman–Crippen MR) is 107 cm³/mol. The maximum atomic E-state index is 11.3. The molecular weight excluding hydrogens is 328 g/mol. The molecule has 0 aromatic carbocycles. The Balaban J connectivity index is 3.34. The van der Waals surface area contributed by atoms with Gasteiger partial charge >= 0.3 is 11.9 Å². The van der Waals surface area contributed by atoms with Crippen LogP contribution in [0.25, 0.3) is 0 Å². The van der Waals surface area contributed by atoms with Gasteiger partial charge in [0.1, 0.15) is 0 Å². The van der Waals surface area contributed by atoms with Gasteiger partial charge in [0.15, 0.2) is 0 Å². The van der Waals surface area contributed by atoms with Gasteiger partial charge in [0.2, 0.25) is 0 Å². The van der Waals surface area contributed by atoms with Crippen molar-refractivity contribution in [3.63, 3.8) is 0 Å². The Labute approximate surface area is 160 Å². The normalized spacial score (nSPS) is 12.9.